The standard InChI is InChI=1S/C7H12N2O4S2/c1-4(3-10)9-15(12,13)6-5(2)8-7(11)14-6/h4,9-10H,3H2,1-2H3,(H,8,11). The summed E-state index contributed by atoms with van der Waals surface area (Å²) in [6, 6.07) is -0.577. The second kappa shape index (κ2) is 4.44. The minimum atomic E-state index is -3.70. The zero-order valence-electron chi connectivity index (χ0n) is 8.27. The second-order valence-corrected chi connectivity index (χ2v) is 6.02. The molecule has 0 aliphatic heterocycles. The van der Waals surface area contributed by atoms with Crippen LogP contribution >= 0.6 is 11.3 Å². The van der Waals surface area contributed by atoms with Crippen LogP contribution in [0, 0.1) is 6.92 Å². The van der Waals surface area contributed by atoms with Gasteiger partial charge in [-0.25, -0.2) is 13.1 Å². The number of aromatic nitrogens is 1. The molecule has 1 heterocycles. The number of aryl methyl sites for hydroxylation is 1. The van der Waals surface area contributed by atoms with E-state index in [1.807, 2.05) is 0 Å². The van der Waals surface area contributed by atoms with Crippen molar-refractivity contribution in [3.8, 4) is 0 Å². The first-order valence-electron chi connectivity index (χ1n) is 4.19. The van der Waals surface area contributed by atoms with E-state index >= 15 is 0 Å². The summed E-state index contributed by atoms with van der Waals surface area (Å²) >= 11 is 0.631. The van der Waals surface area contributed by atoms with Crippen LogP contribution in [0.1, 0.15) is 12.6 Å². The van der Waals surface area contributed by atoms with Crippen LogP contribution in [-0.2, 0) is 10.0 Å². The van der Waals surface area contributed by atoms with Gasteiger partial charge in [-0.1, -0.05) is 11.3 Å². The third kappa shape index (κ3) is 2.88. The van der Waals surface area contributed by atoms with Gasteiger partial charge in [-0.2, -0.15) is 0 Å². The van der Waals surface area contributed by atoms with E-state index in [1.165, 1.54) is 13.8 Å². The van der Waals surface area contributed by atoms with Crippen LogP contribution in [0.3, 0.4) is 0 Å². The highest BCUT2D eigenvalue weighted by Crippen LogP contribution is 2.15. The van der Waals surface area contributed by atoms with Crippen LogP contribution < -0.4 is 9.60 Å². The molecule has 1 rings (SSSR count). The van der Waals surface area contributed by atoms with Gasteiger partial charge in [-0.15, -0.1) is 0 Å². The molecule has 0 aromatic carbocycles. The Morgan fingerprint density at radius 1 is 1.60 bits per heavy atom. The lowest BCUT2D eigenvalue weighted by Gasteiger charge is -2.09. The predicted octanol–water partition coefficient (Wildman–Crippen LogP) is -0.596. The number of aliphatic hydroxyl groups excluding tert-OH is 1. The highest BCUT2D eigenvalue weighted by atomic mass is 32.2. The highest BCUT2D eigenvalue weighted by Gasteiger charge is 2.22. The van der Waals surface area contributed by atoms with Crippen molar-refractivity contribution in [2.45, 2.75) is 24.1 Å². The summed E-state index contributed by atoms with van der Waals surface area (Å²) in [5.74, 6) is 0. The summed E-state index contributed by atoms with van der Waals surface area (Å²) in [5.41, 5.74) is 0.308. The van der Waals surface area contributed by atoms with E-state index in [4.69, 9.17) is 5.11 Å². The van der Waals surface area contributed by atoms with Gasteiger partial charge in [0.2, 0.25) is 0 Å². The molecule has 3 N–H and O–H groups in total. The summed E-state index contributed by atoms with van der Waals surface area (Å²) in [5, 5.41) is 8.73. The van der Waals surface area contributed by atoms with Crippen LogP contribution in [0.25, 0.3) is 0 Å². The lowest BCUT2D eigenvalue weighted by molar-refractivity contribution is 0.265. The average Bonchev–Trinajstić information content (AvgIpc) is 2.45. The van der Waals surface area contributed by atoms with E-state index in [1.54, 1.807) is 0 Å². The number of nitrogens with one attached hydrogen (secondary N) is 2. The molecule has 0 amide bonds. The molecule has 6 nitrogen and oxygen atoms in total. The first-order chi connectivity index (χ1) is 6.86. The van der Waals surface area contributed by atoms with Gasteiger partial charge < -0.3 is 10.1 Å². The average molecular weight is 252 g/mol. The Balaban J connectivity index is 3.06. The SMILES string of the molecule is Cc1[nH]c(=O)sc1S(=O)(=O)NC(C)CO. The Bertz CT molecular complexity index is 487. The molecule has 15 heavy (non-hydrogen) atoms. The highest BCUT2D eigenvalue weighted by molar-refractivity contribution is 7.91. The molecule has 0 saturated heterocycles. The Morgan fingerprint density at radius 2 is 2.20 bits per heavy atom. The van der Waals surface area contributed by atoms with Gasteiger partial charge in [0.05, 0.1) is 6.61 Å². The van der Waals surface area contributed by atoms with Crippen molar-refractivity contribution in [3.05, 3.63) is 15.4 Å². The number of hydrogen-bond acceptors (Lipinski definition) is 5. The molecule has 0 aliphatic carbocycles. The Hall–Kier alpha value is -0.700. The quantitative estimate of drug-likeness (QED) is 0.666. The van der Waals surface area contributed by atoms with Crippen LogP contribution in [0.2, 0.25) is 0 Å². The van der Waals surface area contributed by atoms with Gasteiger partial charge in [0.15, 0.2) is 4.21 Å². The van der Waals surface area contributed by atoms with Gasteiger partial charge in [0.1, 0.15) is 0 Å². The number of aromatic amines is 1. The number of sulfonamides is 1. The van der Waals surface area contributed by atoms with Crippen molar-refractivity contribution >= 4 is 21.4 Å². The van der Waals surface area contributed by atoms with Crippen molar-refractivity contribution in [2.75, 3.05) is 6.61 Å². The van der Waals surface area contributed by atoms with E-state index in [9.17, 15) is 13.2 Å². The molecule has 86 valence electrons. The molecule has 1 atom stereocenters. The van der Waals surface area contributed by atoms with Gasteiger partial charge >= 0.3 is 4.87 Å². The van der Waals surface area contributed by atoms with E-state index < -0.39 is 20.9 Å². The third-order valence-corrected chi connectivity index (χ3v) is 4.85. The summed E-state index contributed by atoms with van der Waals surface area (Å²) in [6.07, 6.45) is 0. The number of aliphatic hydroxyl groups is 1. The third-order valence-electron chi connectivity index (χ3n) is 1.66. The zero-order chi connectivity index (χ0) is 11.6. The van der Waals surface area contributed by atoms with Gasteiger partial charge in [0, 0.05) is 11.7 Å². The Morgan fingerprint density at radius 3 is 2.60 bits per heavy atom. The van der Waals surface area contributed by atoms with Crippen molar-refractivity contribution in [1.82, 2.24) is 9.71 Å². The molecule has 0 bridgehead atoms. The summed E-state index contributed by atoms with van der Waals surface area (Å²) in [6.45, 7) is 2.75. The van der Waals surface area contributed by atoms with E-state index in [2.05, 4.69) is 9.71 Å². The van der Waals surface area contributed by atoms with E-state index in [-0.39, 0.29) is 10.8 Å². The maximum atomic E-state index is 11.7. The zero-order valence-corrected chi connectivity index (χ0v) is 9.91. The van der Waals surface area contributed by atoms with Crippen molar-refractivity contribution in [2.24, 2.45) is 0 Å². The smallest absolute Gasteiger partial charge is 0.305 e. The predicted molar refractivity (Wildman–Crippen MR) is 56.5 cm³/mol. The molecule has 0 fully saturated rings. The summed E-state index contributed by atoms with van der Waals surface area (Å²) < 4.78 is 25.5. The Kier molecular flexibility index (Phi) is 3.66. The minimum Gasteiger partial charge on any atom is -0.395 e. The van der Waals surface area contributed by atoms with Crippen molar-refractivity contribution in [1.29, 1.82) is 0 Å². The fraction of sp³-hybridized carbons (Fsp3) is 0.571. The molecular weight excluding hydrogens is 240 g/mol. The lowest BCUT2D eigenvalue weighted by atomic mass is 10.4. The largest absolute Gasteiger partial charge is 0.395 e. The van der Waals surface area contributed by atoms with Crippen LogP contribution in [-0.4, -0.2) is 31.2 Å². The number of H-pyrrole nitrogens is 1. The molecule has 0 saturated carbocycles. The fourth-order valence-electron chi connectivity index (χ4n) is 1.00. The van der Waals surface area contributed by atoms with E-state index in [0.717, 1.165) is 0 Å². The lowest BCUT2D eigenvalue weighted by Crippen LogP contribution is -2.34. The monoisotopic (exact) mass is 252 g/mol. The van der Waals surface area contributed by atoms with Gasteiger partial charge in [0.25, 0.3) is 10.0 Å². The Labute approximate surface area is 91.0 Å². The van der Waals surface area contributed by atoms with Crippen molar-refractivity contribution < 1.29 is 13.5 Å². The first-order valence-corrected chi connectivity index (χ1v) is 6.49. The summed E-state index contributed by atoms with van der Waals surface area (Å²) in [7, 11) is -3.70. The van der Waals surface area contributed by atoms with Crippen molar-refractivity contribution in [3.63, 3.8) is 0 Å². The molecule has 8 heteroatoms. The van der Waals surface area contributed by atoms with E-state index in [0.29, 0.717) is 17.0 Å². The second-order valence-electron chi connectivity index (χ2n) is 3.13. The first kappa shape index (κ1) is 12.4. The van der Waals surface area contributed by atoms with Crippen LogP contribution in [0.15, 0.2) is 9.00 Å². The van der Waals surface area contributed by atoms with Crippen LogP contribution in [0.5, 0.6) is 0 Å². The van der Waals surface area contributed by atoms with Gasteiger partial charge in [-0.05, 0) is 13.8 Å². The maximum absolute atomic E-state index is 11.7. The number of thiazole rings is 1. The molecule has 0 aliphatic rings. The fourth-order valence-corrected chi connectivity index (χ4v) is 3.55. The molecule has 0 spiro atoms. The maximum Gasteiger partial charge on any atom is 0.305 e. The normalized spacial score (nSPS) is 14.1. The van der Waals surface area contributed by atoms with Gasteiger partial charge in [-0.3, -0.25) is 4.79 Å². The summed E-state index contributed by atoms with van der Waals surface area (Å²) in [4.78, 5) is 12.9. The number of rotatable bonds is 4. The molecule has 1 aromatic heterocycles. The minimum absolute atomic E-state index is 0.0344. The molecule has 1 aromatic rings. The molecule has 0 radical (unpaired) electrons. The van der Waals surface area contributed by atoms with Crippen LogP contribution in [0.4, 0.5) is 0 Å². The number of hydrogen-bond donors (Lipinski definition) is 3. The topological polar surface area (TPSA) is 99.3 Å². The molecular formula is C7H12N2O4S2. The molecule has 1 unspecified atom stereocenters.